The van der Waals surface area contributed by atoms with Gasteiger partial charge in [0, 0.05) is 12.7 Å². The van der Waals surface area contributed by atoms with E-state index in [0.717, 1.165) is 24.2 Å². The molecule has 1 unspecified atom stereocenters. The highest BCUT2D eigenvalue weighted by atomic mass is 35.5. The summed E-state index contributed by atoms with van der Waals surface area (Å²) in [5, 5.41) is 12.4. The van der Waals surface area contributed by atoms with Crippen LogP contribution in [0.3, 0.4) is 0 Å². The maximum atomic E-state index is 6.19. The van der Waals surface area contributed by atoms with E-state index in [-0.39, 0.29) is 6.04 Å². The normalized spacial score (nSPS) is 12.6. The highest BCUT2D eigenvalue weighted by molar-refractivity contribution is 6.31. The van der Waals surface area contributed by atoms with Crippen molar-refractivity contribution in [1.82, 2.24) is 25.4 Å². The molecule has 0 saturated heterocycles. The fourth-order valence-electron chi connectivity index (χ4n) is 1.85. The fraction of sp³-hybridized carbons (Fsp3) is 0.364. The summed E-state index contributed by atoms with van der Waals surface area (Å²) >= 11 is 6.19. The molecule has 0 radical (unpaired) electrons. The van der Waals surface area contributed by atoms with Crippen LogP contribution < -0.4 is 11.3 Å². The molecule has 2 aromatic heterocycles. The van der Waals surface area contributed by atoms with Crippen molar-refractivity contribution >= 4 is 11.6 Å². The van der Waals surface area contributed by atoms with Crippen molar-refractivity contribution in [3.8, 4) is 0 Å². The summed E-state index contributed by atoms with van der Waals surface area (Å²) in [6, 6.07) is 1.60. The molecule has 1 atom stereocenters. The van der Waals surface area contributed by atoms with Gasteiger partial charge >= 0.3 is 0 Å². The Balaban J connectivity index is 2.41. The molecule has 0 aromatic carbocycles. The number of nitrogens with two attached hydrogens (primary N) is 1. The number of hydrazine groups is 1. The highest BCUT2D eigenvalue weighted by Gasteiger charge is 2.21. The van der Waals surface area contributed by atoms with Gasteiger partial charge in [-0.15, -0.1) is 0 Å². The van der Waals surface area contributed by atoms with Gasteiger partial charge in [-0.1, -0.05) is 18.5 Å². The molecule has 0 bridgehead atoms. The molecule has 0 fully saturated rings. The van der Waals surface area contributed by atoms with Crippen LogP contribution in [-0.2, 0) is 6.54 Å². The third kappa shape index (κ3) is 2.50. The molecule has 6 nitrogen and oxygen atoms in total. The number of hydrogen-bond donors (Lipinski definition) is 2. The number of aryl methyl sites for hydroxylation is 1. The first-order valence-electron chi connectivity index (χ1n) is 5.71. The summed E-state index contributed by atoms with van der Waals surface area (Å²) < 4.78 is 1.85. The largest absolute Gasteiger partial charge is 0.271 e. The Hall–Kier alpha value is -1.50. The van der Waals surface area contributed by atoms with Crippen molar-refractivity contribution in [2.24, 2.45) is 5.84 Å². The summed E-state index contributed by atoms with van der Waals surface area (Å²) in [6.07, 6.45) is 5.88. The number of hydrogen-bond acceptors (Lipinski definition) is 5. The molecule has 18 heavy (non-hydrogen) atoms. The van der Waals surface area contributed by atoms with E-state index >= 15 is 0 Å². The van der Waals surface area contributed by atoms with Crippen LogP contribution in [-0.4, -0.2) is 20.0 Å². The van der Waals surface area contributed by atoms with Crippen molar-refractivity contribution in [2.45, 2.75) is 25.9 Å². The van der Waals surface area contributed by atoms with Crippen LogP contribution in [0.25, 0.3) is 0 Å². The quantitative estimate of drug-likeness (QED) is 0.630. The van der Waals surface area contributed by atoms with Gasteiger partial charge in [0.15, 0.2) is 0 Å². The molecule has 0 aliphatic rings. The number of rotatable bonds is 5. The lowest BCUT2D eigenvalue weighted by molar-refractivity contribution is 0.520. The highest BCUT2D eigenvalue weighted by Crippen LogP contribution is 2.27. The second-order valence-corrected chi connectivity index (χ2v) is 4.28. The van der Waals surface area contributed by atoms with Crippen LogP contribution in [0.15, 0.2) is 24.7 Å². The van der Waals surface area contributed by atoms with Gasteiger partial charge in [0.05, 0.1) is 29.2 Å². The van der Waals surface area contributed by atoms with E-state index in [1.807, 2.05) is 10.7 Å². The maximum absolute atomic E-state index is 6.19. The molecule has 0 aliphatic heterocycles. The van der Waals surface area contributed by atoms with Crippen LogP contribution in [0.5, 0.6) is 0 Å². The predicted molar refractivity (Wildman–Crippen MR) is 68.7 cm³/mol. The Morgan fingerprint density at radius 2 is 2.28 bits per heavy atom. The number of aromatic nitrogens is 4. The first-order chi connectivity index (χ1) is 8.77. The minimum atomic E-state index is -0.248. The first kappa shape index (κ1) is 12.9. The molecule has 7 heteroatoms. The topological polar surface area (TPSA) is 81.7 Å². The van der Waals surface area contributed by atoms with Gasteiger partial charge in [0.2, 0.25) is 0 Å². The maximum Gasteiger partial charge on any atom is 0.0909 e. The van der Waals surface area contributed by atoms with Gasteiger partial charge < -0.3 is 0 Å². The van der Waals surface area contributed by atoms with E-state index in [0.29, 0.717) is 5.02 Å². The molecule has 2 aromatic rings. The minimum Gasteiger partial charge on any atom is -0.271 e. The molecular weight excluding hydrogens is 252 g/mol. The van der Waals surface area contributed by atoms with Crippen molar-refractivity contribution in [3.05, 3.63) is 40.9 Å². The third-order valence-corrected chi connectivity index (χ3v) is 2.94. The molecule has 3 N–H and O–H groups in total. The minimum absolute atomic E-state index is 0.248. The summed E-state index contributed by atoms with van der Waals surface area (Å²) in [5.74, 6) is 5.63. The molecule has 0 amide bonds. The number of nitrogens with one attached hydrogen (secondary N) is 1. The molecule has 0 aliphatic carbocycles. The Labute approximate surface area is 110 Å². The zero-order valence-electron chi connectivity index (χ0n) is 10.0. The van der Waals surface area contributed by atoms with E-state index in [1.165, 1.54) is 0 Å². The van der Waals surface area contributed by atoms with Crippen molar-refractivity contribution in [2.75, 3.05) is 0 Å². The van der Waals surface area contributed by atoms with E-state index in [1.54, 1.807) is 18.6 Å². The van der Waals surface area contributed by atoms with Crippen LogP contribution in [0, 0.1) is 0 Å². The summed E-state index contributed by atoms with van der Waals surface area (Å²) in [5.41, 5.74) is 4.48. The van der Waals surface area contributed by atoms with Crippen LogP contribution in [0.4, 0.5) is 0 Å². The van der Waals surface area contributed by atoms with Gasteiger partial charge in [-0.25, -0.2) is 5.43 Å². The Kier molecular flexibility index (Phi) is 4.24. The molecular formula is C11H15ClN6. The van der Waals surface area contributed by atoms with Crippen molar-refractivity contribution in [1.29, 1.82) is 0 Å². The monoisotopic (exact) mass is 266 g/mol. The van der Waals surface area contributed by atoms with Crippen LogP contribution >= 0.6 is 11.6 Å². The smallest absolute Gasteiger partial charge is 0.0909 e. The predicted octanol–water partition coefficient (Wildman–Crippen LogP) is 1.29. The van der Waals surface area contributed by atoms with Crippen molar-refractivity contribution < 1.29 is 0 Å². The fourth-order valence-corrected chi connectivity index (χ4v) is 2.10. The van der Waals surface area contributed by atoms with Crippen molar-refractivity contribution in [3.63, 3.8) is 0 Å². The number of nitrogens with zero attached hydrogens (tertiary/aromatic N) is 4. The van der Waals surface area contributed by atoms with Crippen LogP contribution in [0.1, 0.15) is 30.6 Å². The van der Waals surface area contributed by atoms with Gasteiger partial charge in [-0.2, -0.15) is 15.3 Å². The lowest BCUT2D eigenvalue weighted by atomic mass is 10.1. The molecule has 0 saturated carbocycles. The van der Waals surface area contributed by atoms with E-state index < -0.39 is 0 Å². The average molecular weight is 267 g/mol. The van der Waals surface area contributed by atoms with Gasteiger partial charge in [-0.3, -0.25) is 10.5 Å². The lowest BCUT2D eigenvalue weighted by Crippen LogP contribution is -2.31. The third-order valence-electron chi connectivity index (χ3n) is 2.65. The molecule has 2 rings (SSSR count). The van der Waals surface area contributed by atoms with Crippen LogP contribution in [0.2, 0.25) is 5.02 Å². The summed E-state index contributed by atoms with van der Waals surface area (Å²) in [6.45, 7) is 2.87. The standard InChI is InChI=1S/C11H15ClN6/c1-2-5-18-11(9(12)7-16-18)10(17-13)8-3-4-14-15-6-8/h3-4,6-7,10,17H,2,5,13H2,1H3. The van der Waals surface area contributed by atoms with Gasteiger partial charge in [-0.05, 0) is 18.1 Å². The lowest BCUT2D eigenvalue weighted by Gasteiger charge is -2.18. The Morgan fingerprint density at radius 3 is 2.89 bits per heavy atom. The molecule has 2 heterocycles. The number of halogens is 1. The van der Waals surface area contributed by atoms with Gasteiger partial charge in [0.25, 0.3) is 0 Å². The summed E-state index contributed by atoms with van der Waals surface area (Å²) in [7, 11) is 0. The summed E-state index contributed by atoms with van der Waals surface area (Å²) in [4.78, 5) is 0. The zero-order chi connectivity index (χ0) is 13.0. The first-order valence-corrected chi connectivity index (χ1v) is 6.09. The van der Waals surface area contributed by atoms with E-state index in [2.05, 4.69) is 27.6 Å². The SMILES string of the molecule is CCCn1ncc(Cl)c1C(NN)c1ccnnc1. The van der Waals surface area contributed by atoms with Gasteiger partial charge in [0.1, 0.15) is 0 Å². The Morgan fingerprint density at radius 1 is 1.44 bits per heavy atom. The van der Waals surface area contributed by atoms with E-state index in [9.17, 15) is 0 Å². The molecule has 96 valence electrons. The average Bonchev–Trinajstić information content (AvgIpc) is 2.75. The second kappa shape index (κ2) is 5.90. The van der Waals surface area contributed by atoms with E-state index in [4.69, 9.17) is 17.4 Å². The Bertz CT molecular complexity index is 497. The second-order valence-electron chi connectivity index (χ2n) is 3.88. The zero-order valence-corrected chi connectivity index (χ0v) is 10.8. The molecule has 0 spiro atoms.